The van der Waals surface area contributed by atoms with E-state index in [-0.39, 0.29) is 18.1 Å². The van der Waals surface area contributed by atoms with Gasteiger partial charge in [0.1, 0.15) is 17.7 Å². The van der Waals surface area contributed by atoms with Crippen molar-refractivity contribution in [1.82, 2.24) is 24.6 Å². The molecule has 0 saturated carbocycles. The van der Waals surface area contributed by atoms with Crippen LogP contribution in [0.4, 0.5) is 4.39 Å². The van der Waals surface area contributed by atoms with Crippen LogP contribution >= 0.6 is 0 Å². The van der Waals surface area contributed by atoms with Crippen LogP contribution in [0, 0.1) is 19.7 Å². The summed E-state index contributed by atoms with van der Waals surface area (Å²) in [6.45, 7) is 3.80. The van der Waals surface area contributed by atoms with E-state index in [1.807, 2.05) is 27.9 Å². The summed E-state index contributed by atoms with van der Waals surface area (Å²) in [5.41, 5.74) is 3.03. The minimum atomic E-state index is -0.666. The Bertz CT molecular complexity index is 943. The fourth-order valence-electron chi connectivity index (χ4n) is 3.09. The van der Waals surface area contributed by atoms with Crippen molar-refractivity contribution in [3.05, 3.63) is 70.8 Å². The van der Waals surface area contributed by atoms with E-state index in [1.165, 1.54) is 6.07 Å². The van der Waals surface area contributed by atoms with Crippen molar-refractivity contribution in [3.63, 3.8) is 0 Å². The van der Waals surface area contributed by atoms with Crippen LogP contribution in [0.3, 0.4) is 0 Å². The third-order valence-corrected chi connectivity index (χ3v) is 4.63. The lowest BCUT2D eigenvalue weighted by molar-refractivity contribution is -0.121. The monoisotopic (exact) mass is 355 g/mol. The maximum atomic E-state index is 14.4. The highest BCUT2D eigenvalue weighted by atomic mass is 19.1. The summed E-state index contributed by atoms with van der Waals surface area (Å²) in [6.07, 6.45) is 3.58. The number of aromatic nitrogens is 4. The van der Waals surface area contributed by atoms with Crippen LogP contribution in [0.5, 0.6) is 0 Å². The lowest BCUT2D eigenvalue weighted by Crippen LogP contribution is -2.33. The molecule has 0 spiro atoms. The molecule has 3 rings (SSSR count). The highest BCUT2D eigenvalue weighted by Gasteiger charge is 2.24. The number of carbonyl (C=O) groups is 1. The average molecular weight is 355 g/mol. The summed E-state index contributed by atoms with van der Waals surface area (Å²) < 4.78 is 17.9. The Hall–Kier alpha value is -2.96. The predicted octanol–water partition coefficient (Wildman–Crippen LogP) is 2.36. The van der Waals surface area contributed by atoms with Gasteiger partial charge >= 0.3 is 0 Å². The fraction of sp³-hybridized carbons (Fsp3) is 0.316. The van der Waals surface area contributed by atoms with E-state index in [1.54, 1.807) is 39.8 Å². The molecule has 0 fully saturated rings. The van der Waals surface area contributed by atoms with E-state index in [0.717, 1.165) is 17.0 Å². The van der Waals surface area contributed by atoms with Gasteiger partial charge in [0, 0.05) is 43.3 Å². The van der Waals surface area contributed by atoms with Gasteiger partial charge in [-0.25, -0.2) is 9.37 Å². The van der Waals surface area contributed by atoms with Crippen molar-refractivity contribution in [2.45, 2.75) is 26.3 Å². The number of hydrogen-bond acceptors (Lipinski definition) is 3. The first-order chi connectivity index (χ1) is 12.4. The molecule has 0 aliphatic carbocycles. The van der Waals surface area contributed by atoms with Gasteiger partial charge in [-0.3, -0.25) is 9.48 Å². The van der Waals surface area contributed by atoms with Crippen LogP contribution in [0.25, 0.3) is 0 Å². The summed E-state index contributed by atoms with van der Waals surface area (Å²) in [4.78, 5) is 17.0. The van der Waals surface area contributed by atoms with Gasteiger partial charge in [0.2, 0.25) is 5.91 Å². The Labute approximate surface area is 151 Å². The lowest BCUT2D eigenvalue weighted by Gasteiger charge is -2.20. The number of benzene rings is 1. The van der Waals surface area contributed by atoms with Crippen LogP contribution in [-0.2, 0) is 25.3 Å². The van der Waals surface area contributed by atoms with E-state index in [4.69, 9.17) is 0 Å². The molecule has 6 nitrogen and oxygen atoms in total. The quantitative estimate of drug-likeness (QED) is 0.764. The first kappa shape index (κ1) is 17.8. The highest BCUT2D eigenvalue weighted by Crippen LogP contribution is 2.23. The van der Waals surface area contributed by atoms with Crippen molar-refractivity contribution in [2.24, 2.45) is 14.1 Å². The van der Waals surface area contributed by atoms with Gasteiger partial charge in [0.05, 0.1) is 12.1 Å². The predicted molar refractivity (Wildman–Crippen MR) is 96.0 cm³/mol. The number of imidazole rings is 1. The third kappa shape index (κ3) is 3.37. The van der Waals surface area contributed by atoms with Gasteiger partial charge in [-0.2, -0.15) is 5.10 Å². The molecule has 0 radical (unpaired) electrons. The summed E-state index contributed by atoms with van der Waals surface area (Å²) in [5, 5.41) is 7.27. The standard InChI is InChI=1S/C19H22FN5O/c1-12-15(13(2)25(4)23-12)11-17(26)22-18(19-21-9-10-24(19)3)14-7-5-6-8-16(14)20/h5-10,18H,11H2,1-4H3,(H,22,26)/t18-/m1/s1. The average Bonchev–Trinajstić information content (AvgIpc) is 3.12. The zero-order valence-electron chi connectivity index (χ0n) is 15.3. The van der Waals surface area contributed by atoms with Crippen LogP contribution < -0.4 is 5.32 Å². The second kappa shape index (κ2) is 7.11. The summed E-state index contributed by atoms with van der Waals surface area (Å²) in [5.74, 6) is -0.0157. The largest absolute Gasteiger partial charge is 0.342 e. The number of aryl methyl sites for hydroxylation is 3. The molecule has 1 atom stereocenters. The van der Waals surface area contributed by atoms with Gasteiger partial charge in [-0.15, -0.1) is 0 Å². The number of rotatable bonds is 5. The molecule has 0 aliphatic heterocycles. The van der Waals surface area contributed by atoms with E-state index in [2.05, 4.69) is 15.4 Å². The van der Waals surface area contributed by atoms with Crippen LogP contribution in [0.2, 0.25) is 0 Å². The molecule has 7 heteroatoms. The van der Waals surface area contributed by atoms with E-state index in [9.17, 15) is 9.18 Å². The number of nitrogens with zero attached hydrogens (tertiary/aromatic N) is 4. The summed E-state index contributed by atoms with van der Waals surface area (Å²) in [6, 6.07) is 5.75. The number of amides is 1. The molecule has 2 aromatic heterocycles. The molecule has 1 N–H and O–H groups in total. The number of hydrogen-bond donors (Lipinski definition) is 1. The molecule has 26 heavy (non-hydrogen) atoms. The normalized spacial score (nSPS) is 12.2. The van der Waals surface area contributed by atoms with Crippen molar-refractivity contribution in [1.29, 1.82) is 0 Å². The summed E-state index contributed by atoms with van der Waals surface area (Å²) >= 11 is 0. The van der Waals surface area contributed by atoms with Crippen molar-refractivity contribution in [2.75, 3.05) is 0 Å². The number of halogens is 1. The molecule has 0 aliphatic rings. The molecule has 2 heterocycles. The van der Waals surface area contributed by atoms with Crippen molar-refractivity contribution < 1.29 is 9.18 Å². The Morgan fingerprint density at radius 3 is 2.58 bits per heavy atom. The Morgan fingerprint density at radius 2 is 2.00 bits per heavy atom. The van der Waals surface area contributed by atoms with Crippen molar-refractivity contribution in [3.8, 4) is 0 Å². The van der Waals surface area contributed by atoms with Crippen LogP contribution in [0.15, 0.2) is 36.7 Å². The molecule has 1 amide bonds. The third-order valence-electron chi connectivity index (χ3n) is 4.63. The Morgan fingerprint density at radius 1 is 1.27 bits per heavy atom. The van der Waals surface area contributed by atoms with Gasteiger partial charge in [-0.1, -0.05) is 18.2 Å². The van der Waals surface area contributed by atoms with Gasteiger partial charge < -0.3 is 9.88 Å². The van der Waals surface area contributed by atoms with Crippen LogP contribution in [0.1, 0.15) is 34.4 Å². The molecule has 136 valence electrons. The molecule has 0 unspecified atom stereocenters. The van der Waals surface area contributed by atoms with Gasteiger partial charge in [0.25, 0.3) is 0 Å². The Balaban J connectivity index is 1.90. The summed E-state index contributed by atoms with van der Waals surface area (Å²) in [7, 11) is 3.66. The SMILES string of the molecule is Cc1nn(C)c(C)c1CC(=O)N[C@H](c1ccccc1F)c1nccn1C. The Kier molecular flexibility index (Phi) is 4.88. The van der Waals surface area contributed by atoms with Crippen LogP contribution in [-0.4, -0.2) is 25.2 Å². The van der Waals surface area contributed by atoms with E-state index >= 15 is 0 Å². The molecule has 0 saturated heterocycles. The minimum Gasteiger partial charge on any atom is -0.342 e. The maximum absolute atomic E-state index is 14.4. The first-order valence-corrected chi connectivity index (χ1v) is 8.38. The molecular weight excluding hydrogens is 333 g/mol. The zero-order chi connectivity index (χ0) is 18.8. The van der Waals surface area contributed by atoms with E-state index in [0.29, 0.717) is 11.4 Å². The highest BCUT2D eigenvalue weighted by molar-refractivity contribution is 5.80. The second-order valence-corrected chi connectivity index (χ2v) is 6.37. The van der Waals surface area contributed by atoms with Gasteiger partial charge in [0.15, 0.2) is 0 Å². The molecule has 0 bridgehead atoms. The molecule has 3 aromatic rings. The topological polar surface area (TPSA) is 64.7 Å². The maximum Gasteiger partial charge on any atom is 0.225 e. The lowest BCUT2D eigenvalue weighted by atomic mass is 10.0. The van der Waals surface area contributed by atoms with Gasteiger partial charge in [-0.05, 0) is 19.9 Å². The number of carbonyl (C=O) groups excluding carboxylic acids is 1. The fourth-order valence-corrected chi connectivity index (χ4v) is 3.09. The number of nitrogens with one attached hydrogen (secondary N) is 1. The first-order valence-electron chi connectivity index (χ1n) is 8.38. The van der Waals surface area contributed by atoms with Crippen molar-refractivity contribution >= 4 is 5.91 Å². The zero-order valence-corrected chi connectivity index (χ0v) is 15.3. The smallest absolute Gasteiger partial charge is 0.225 e. The molecular formula is C19H22FN5O. The second-order valence-electron chi connectivity index (χ2n) is 6.37. The minimum absolute atomic E-state index is 0.181. The van der Waals surface area contributed by atoms with E-state index < -0.39 is 6.04 Å². The molecule has 1 aromatic carbocycles.